The molecule has 1 aliphatic heterocycles. The Bertz CT molecular complexity index is 984. The lowest BCUT2D eigenvalue weighted by molar-refractivity contribution is -0.131. The van der Waals surface area contributed by atoms with E-state index in [4.69, 9.17) is 0 Å². The summed E-state index contributed by atoms with van der Waals surface area (Å²) in [4.78, 5) is 15.1. The molecule has 3 rings (SSSR count). The molecule has 0 aromatic heterocycles. The molecule has 156 valence electrons. The Morgan fingerprint density at radius 2 is 1.79 bits per heavy atom. The maximum atomic E-state index is 13.5. The van der Waals surface area contributed by atoms with Crippen molar-refractivity contribution in [2.45, 2.75) is 45.4 Å². The summed E-state index contributed by atoms with van der Waals surface area (Å²) in [6, 6.07) is 12.3. The summed E-state index contributed by atoms with van der Waals surface area (Å²) in [6.45, 7) is 9.08. The van der Waals surface area contributed by atoms with Crippen molar-refractivity contribution in [3.8, 4) is 0 Å². The van der Waals surface area contributed by atoms with Gasteiger partial charge in [0.15, 0.2) is 0 Å². The van der Waals surface area contributed by atoms with Crippen LogP contribution in [0.5, 0.6) is 0 Å². The maximum Gasteiger partial charge on any atom is 0.264 e. The molecule has 1 aliphatic rings. The number of anilines is 1. The van der Waals surface area contributed by atoms with Gasteiger partial charge in [0.25, 0.3) is 10.0 Å². The molecular formula is C23H30N2O3S. The minimum absolute atomic E-state index is 0.145. The number of likely N-dealkylation sites (tertiary alicyclic amines) is 1. The van der Waals surface area contributed by atoms with Crippen LogP contribution in [-0.2, 0) is 14.8 Å². The molecule has 0 aliphatic carbocycles. The van der Waals surface area contributed by atoms with Crippen LogP contribution in [0.25, 0.3) is 0 Å². The van der Waals surface area contributed by atoms with Crippen molar-refractivity contribution in [3.05, 3.63) is 59.2 Å². The summed E-state index contributed by atoms with van der Waals surface area (Å²) in [5.41, 5.74) is 3.40. The molecule has 2 aromatic carbocycles. The third-order valence-corrected chi connectivity index (χ3v) is 7.52. The second kappa shape index (κ2) is 8.57. The van der Waals surface area contributed by atoms with Crippen molar-refractivity contribution in [2.75, 3.05) is 23.9 Å². The van der Waals surface area contributed by atoms with Crippen LogP contribution in [0.4, 0.5) is 5.69 Å². The van der Waals surface area contributed by atoms with Crippen molar-refractivity contribution >= 4 is 21.6 Å². The Labute approximate surface area is 174 Å². The minimum Gasteiger partial charge on any atom is -0.341 e. The number of amides is 1. The summed E-state index contributed by atoms with van der Waals surface area (Å²) in [5, 5.41) is 0. The molecule has 0 radical (unpaired) electrons. The summed E-state index contributed by atoms with van der Waals surface area (Å²) < 4.78 is 28.4. The normalized spacial score (nSPS) is 17.2. The molecule has 1 amide bonds. The lowest BCUT2D eigenvalue weighted by Crippen LogP contribution is -2.46. The van der Waals surface area contributed by atoms with Gasteiger partial charge in [0.1, 0.15) is 6.54 Å². The standard InChI is InChI=1S/C23H30N2O3S/c1-17-10-12-21(13-11-17)29(27,28)25(22-9-5-8-19(3)20(22)4)16-23(26)24-14-6-7-18(2)15-24/h5,8-13,18H,6-7,14-16H2,1-4H3. The molecule has 0 bridgehead atoms. The molecule has 5 nitrogen and oxygen atoms in total. The fourth-order valence-electron chi connectivity index (χ4n) is 3.78. The fourth-order valence-corrected chi connectivity index (χ4v) is 5.25. The Balaban J connectivity index is 2.01. The number of carbonyl (C=O) groups excluding carboxylic acids is 1. The summed E-state index contributed by atoms with van der Waals surface area (Å²) >= 11 is 0. The lowest BCUT2D eigenvalue weighted by atomic mass is 10.0. The number of piperidine rings is 1. The van der Waals surface area contributed by atoms with Crippen LogP contribution in [0.2, 0.25) is 0 Å². The van der Waals surface area contributed by atoms with Crippen molar-refractivity contribution in [1.82, 2.24) is 4.90 Å². The molecule has 1 fully saturated rings. The van der Waals surface area contributed by atoms with Crippen molar-refractivity contribution in [1.29, 1.82) is 0 Å². The molecule has 1 atom stereocenters. The second-order valence-corrected chi connectivity index (χ2v) is 9.99. The average Bonchev–Trinajstić information content (AvgIpc) is 2.68. The SMILES string of the molecule is Cc1ccc(S(=O)(=O)N(CC(=O)N2CCCC(C)C2)c2cccc(C)c2C)cc1. The monoisotopic (exact) mass is 414 g/mol. The number of rotatable bonds is 5. The van der Waals surface area contributed by atoms with E-state index < -0.39 is 10.0 Å². The predicted molar refractivity (Wildman–Crippen MR) is 117 cm³/mol. The summed E-state index contributed by atoms with van der Waals surface area (Å²) in [5.74, 6) is 0.295. The van der Waals surface area contributed by atoms with E-state index in [1.54, 1.807) is 35.2 Å². The zero-order chi connectivity index (χ0) is 21.2. The molecule has 0 N–H and O–H groups in total. The molecule has 6 heteroatoms. The fraction of sp³-hybridized carbons (Fsp3) is 0.435. The number of benzene rings is 2. The minimum atomic E-state index is -3.87. The predicted octanol–water partition coefficient (Wildman–Crippen LogP) is 4.07. The van der Waals surface area contributed by atoms with E-state index in [-0.39, 0.29) is 17.3 Å². The summed E-state index contributed by atoms with van der Waals surface area (Å²) in [7, 11) is -3.87. The third kappa shape index (κ3) is 4.64. The maximum absolute atomic E-state index is 13.5. The number of aryl methyl sites for hydroxylation is 2. The van der Waals surface area contributed by atoms with Gasteiger partial charge in [-0.15, -0.1) is 0 Å². The first kappa shape index (κ1) is 21.4. The highest BCUT2D eigenvalue weighted by atomic mass is 32.2. The van der Waals surface area contributed by atoms with Gasteiger partial charge in [0.05, 0.1) is 10.6 Å². The van der Waals surface area contributed by atoms with E-state index in [0.717, 1.165) is 29.5 Å². The van der Waals surface area contributed by atoms with Gasteiger partial charge >= 0.3 is 0 Å². The van der Waals surface area contributed by atoms with E-state index in [1.165, 1.54) is 4.31 Å². The van der Waals surface area contributed by atoms with Crippen LogP contribution in [0.15, 0.2) is 47.4 Å². The number of sulfonamides is 1. The first-order valence-electron chi connectivity index (χ1n) is 10.1. The molecule has 0 spiro atoms. The Hall–Kier alpha value is -2.34. The molecule has 29 heavy (non-hydrogen) atoms. The van der Waals surface area contributed by atoms with Crippen LogP contribution in [0, 0.1) is 26.7 Å². The van der Waals surface area contributed by atoms with Gasteiger partial charge in [-0.25, -0.2) is 8.42 Å². The van der Waals surface area contributed by atoms with Crippen LogP contribution in [0.1, 0.15) is 36.5 Å². The average molecular weight is 415 g/mol. The van der Waals surface area contributed by atoms with Gasteiger partial charge in [-0.3, -0.25) is 9.10 Å². The third-order valence-electron chi connectivity index (χ3n) is 5.74. The Morgan fingerprint density at radius 3 is 2.45 bits per heavy atom. The largest absolute Gasteiger partial charge is 0.341 e. The van der Waals surface area contributed by atoms with Crippen LogP contribution in [0.3, 0.4) is 0 Å². The smallest absolute Gasteiger partial charge is 0.264 e. The number of nitrogens with zero attached hydrogens (tertiary/aromatic N) is 2. The molecule has 1 heterocycles. The van der Waals surface area contributed by atoms with Gasteiger partial charge in [0, 0.05) is 13.1 Å². The molecular weight excluding hydrogens is 384 g/mol. The highest BCUT2D eigenvalue weighted by Crippen LogP contribution is 2.29. The molecule has 1 unspecified atom stereocenters. The highest BCUT2D eigenvalue weighted by molar-refractivity contribution is 7.92. The van der Waals surface area contributed by atoms with Gasteiger partial charge in [-0.1, -0.05) is 36.8 Å². The van der Waals surface area contributed by atoms with E-state index in [2.05, 4.69) is 6.92 Å². The first-order valence-corrected chi connectivity index (χ1v) is 11.6. The van der Waals surface area contributed by atoms with Crippen LogP contribution in [-0.4, -0.2) is 38.9 Å². The quantitative estimate of drug-likeness (QED) is 0.741. The van der Waals surface area contributed by atoms with Gasteiger partial charge in [-0.05, 0) is 68.9 Å². The Kier molecular flexibility index (Phi) is 6.32. The van der Waals surface area contributed by atoms with Gasteiger partial charge in [-0.2, -0.15) is 0 Å². The first-order chi connectivity index (χ1) is 13.7. The summed E-state index contributed by atoms with van der Waals surface area (Å²) in [6.07, 6.45) is 2.06. The van der Waals surface area contributed by atoms with E-state index >= 15 is 0 Å². The number of hydrogen-bond acceptors (Lipinski definition) is 3. The molecule has 0 saturated carbocycles. The van der Waals surface area contributed by atoms with Crippen LogP contribution >= 0.6 is 0 Å². The van der Waals surface area contributed by atoms with Crippen molar-refractivity contribution < 1.29 is 13.2 Å². The van der Waals surface area contributed by atoms with E-state index in [0.29, 0.717) is 24.7 Å². The second-order valence-electron chi connectivity index (χ2n) is 8.13. The van der Waals surface area contributed by atoms with Crippen LogP contribution < -0.4 is 4.31 Å². The zero-order valence-corrected chi connectivity index (χ0v) is 18.5. The van der Waals surface area contributed by atoms with Gasteiger partial charge < -0.3 is 4.90 Å². The van der Waals surface area contributed by atoms with Gasteiger partial charge in [0.2, 0.25) is 5.91 Å². The number of hydrogen-bond donors (Lipinski definition) is 0. The number of carbonyl (C=O) groups is 1. The lowest BCUT2D eigenvalue weighted by Gasteiger charge is -2.33. The van der Waals surface area contributed by atoms with E-state index in [9.17, 15) is 13.2 Å². The molecule has 1 saturated heterocycles. The zero-order valence-electron chi connectivity index (χ0n) is 17.7. The topological polar surface area (TPSA) is 57.7 Å². The molecule has 2 aromatic rings. The van der Waals surface area contributed by atoms with Crippen molar-refractivity contribution in [2.24, 2.45) is 5.92 Å². The van der Waals surface area contributed by atoms with E-state index in [1.807, 2.05) is 32.9 Å². The highest BCUT2D eigenvalue weighted by Gasteiger charge is 2.31. The van der Waals surface area contributed by atoms with Crippen molar-refractivity contribution in [3.63, 3.8) is 0 Å². The Morgan fingerprint density at radius 1 is 1.10 bits per heavy atom.